The molecule has 0 aliphatic heterocycles. The number of hydrogen-bond acceptors (Lipinski definition) is 6. The number of carbonyl (C=O) groups excluding carboxylic acids is 1. The maximum atomic E-state index is 13.3. The van der Waals surface area contributed by atoms with Crippen molar-refractivity contribution in [2.75, 3.05) is 21.3 Å². The summed E-state index contributed by atoms with van der Waals surface area (Å²) in [6.45, 7) is 1.67. The molecule has 0 atom stereocenters. The minimum absolute atomic E-state index is 0.0115. The van der Waals surface area contributed by atoms with Gasteiger partial charge < -0.3 is 19.5 Å². The van der Waals surface area contributed by atoms with Gasteiger partial charge in [0.2, 0.25) is 11.5 Å². The van der Waals surface area contributed by atoms with Crippen molar-refractivity contribution in [1.82, 2.24) is 5.32 Å². The lowest BCUT2D eigenvalue weighted by Crippen LogP contribution is -2.24. The molecule has 0 heterocycles. The number of carbonyl (C=O) groups is 1. The first-order valence-corrected chi connectivity index (χ1v) is 7.84. The van der Waals surface area contributed by atoms with Gasteiger partial charge in [-0.1, -0.05) is 12.1 Å². The van der Waals surface area contributed by atoms with Crippen molar-refractivity contribution in [2.24, 2.45) is 0 Å². The van der Waals surface area contributed by atoms with Crippen LogP contribution >= 0.6 is 0 Å². The van der Waals surface area contributed by atoms with Crippen molar-refractivity contribution in [3.8, 4) is 17.2 Å². The Hall–Kier alpha value is -3.36. The molecule has 9 heteroatoms. The van der Waals surface area contributed by atoms with Crippen LogP contribution in [0.5, 0.6) is 17.2 Å². The number of nitrogens with one attached hydrogen (secondary N) is 1. The number of nitro groups is 1. The van der Waals surface area contributed by atoms with Gasteiger partial charge in [0, 0.05) is 12.6 Å². The van der Waals surface area contributed by atoms with Gasteiger partial charge in [-0.15, -0.1) is 0 Å². The molecule has 0 unspecified atom stereocenters. The smallest absolute Gasteiger partial charge is 0.327 e. The quantitative estimate of drug-likeness (QED) is 0.587. The normalized spacial score (nSPS) is 10.3. The van der Waals surface area contributed by atoms with Crippen LogP contribution in [0, 0.1) is 22.9 Å². The van der Waals surface area contributed by atoms with Crippen molar-refractivity contribution >= 4 is 11.6 Å². The van der Waals surface area contributed by atoms with E-state index in [0.717, 1.165) is 0 Å². The molecule has 2 rings (SSSR count). The molecule has 0 aromatic heterocycles. The van der Waals surface area contributed by atoms with E-state index in [1.54, 1.807) is 13.0 Å². The van der Waals surface area contributed by atoms with Crippen LogP contribution in [0.2, 0.25) is 0 Å². The van der Waals surface area contributed by atoms with Crippen LogP contribution in [-0.2, 0) is 6.54 Å². The van der Waals surface area contributed by atoms with Gasteiger partial charge >= 0.3 is 5.69 Å². The first-order chi connectivity index (χ1) is 12.8. The van der Waals surface area contributed by atoms with Gasteiger partial charge in [-0.05, 0) is 24.1 Å². The van der Waals surface area contributed by atoms with Gasteiger partial charge in [-0.3, -0.25) is 14.9 Å². The molecule has 2 aromatic carbocycles. The predicted octanol–water partition coefficient (Wildman–Crippen LogP) is 3.00. The Bertz CT molecular complexity index is 885. The van der Waals surface area contributed by atoms with Crippen molar-refractivity contribution in [3.63, 3.8) is 0 Å². The van der Waals surface area contributed by atoms with Crippen LogP contribution in [0.25, 0.3) is 0 Å². The molecular formula is C18H19FN2O6. The summed E-state index contributed by atoms with van der Waals surface area (Å²) in [5.74, 6) is -1.15. The van der Waals surface area contributed by atoms with E-state index < -0.39 is 16.5 Å². The molecule has 0 radical (unpaired) electrons. The summed E-state index contributed by atoms with van der Waals surface area (Å²) in [5, 5.41) is 14.1. The highest BCUT2D eigenvalue weighted by Crippen LogP contribution is 2.46. The molecule has 0 fully saturated rings. The van der Waals surface area contributed by atoms with Gasteiger partial charge in [-0.2, -0.15) is 0 Å². The Morgan fingerprint density at radius 3 is 2.33 bits per heavy atom. The number of nitrogens with zero attached hydrogens (tertiary/aromatic N) is 1. The van der Waals surface area contributed by atoms with Crippen LogP contribution in [0.15, 0.2) is 24.3 Å². The average Bonchev–Trinajstić information content (AvgIpc) is 2.66. The summed E-state index contributed by atoms with van der Waals surface area (Å²) >= 11 is 0. The van der Waals surface area contributed by atoms with E-state index in [-0.39, 0.29) is 35.2 Å². The van der Waals surface area contributed by atoms with Crippen molar-refractivity contribution in [2.45, 2.75) is 13.5 Å². The zero-order valence-corrected chi connectivity index (χ0v) is 15.3. The fraction of sp³-hybridized carbons (Fsp3) is 0.278. The van der Waals surface area contributed by atoms with Gasteiger partial charge in [-0.25, -0.2) is 4.39 Å². The van der Waals surface area contributed by atoms with Gasteiger partial charge in [0.05, 0.1) is 26.3 Å². The third kappa shape index (κ3) is 4.08. The molecule has 0 bridgehead atoms. The fourth-order valence-corrected chi connectivity index (χ4v) is 2.59. The molecule has 8 nitrogen and oxygen atoms in total. The number of rotatable bonds is 7. The van der Waals surface area contributed by atoms with Gasteiger partial charge in [0.25, 0.3) is 5.91 Å². The largest absolute Gasteiger partial charge is 0.493 e. The maximum absolute atomic E-state index is 13.3. The molecule has 0 saturated carbocycles. The third-order valence-corrected chi connectivity index (χ3v) is 3.91. The molecule has 0 spiro atoms. The second-order valence-corrected chi connectivity index (χ2v) is 5.56. The molecule has 0 aliphatic rings. The molecule has 0 saturated heterocycles. The van der Waals surface area contributed by atoms with E-state index >= 15 is 0 Å². The van der Waals surface area contributed by atoms with E-state index in [4.69, 9.17) is 14.2 Å². The third-order valence-electron chi connectivity index (χ3n) is 3.91. The Balaban J connectivity index is 2.41. The summed E-state index contributed by atoms with van der Waals surface area (Å²) in [7, 11) is 3.88. The first kappa shape index (κ1) is 20.0. The summed E-state index contributed by atoms with van der Waals surface area (Å²) in [6.07, 6.45) is 0. The zero-order chi connectivity index (χ0) is 20.1. The van der Waals surface area contributed by atoms with Crippen LogP contribution in [-0.4, -0.2) is 32.2 Å². The number of ether oxygens (including phenoxy) is 3. The lowest BCUT2D eigenvalue weighted by Gasteiger charge is -2.15. The van der Waals surface area contributed by atoms with E-state index in [1.165, 1.54) is 39.5 Å². The highest BCUT2D eigenvalue weighted by molar-refractivity contribution is 6.00. The number of amides is 1. The number of aryl methyl sites for hydroxylation is 1. The monoisotopic (exact) mass is 378 g/mol. The van der Waals surface area contributed by atoms with E-state index in [2.05, 4.69) is 5.32 Å². The molecule has 2 aromatic rings. The minimum Gasteiger partial charge on any atom is -0.493 e. The Morgan fingerprint density at radius 1 is 1.15 bits per heavy atom. The Morgan fingerprint density at radius 2 is 1.81 bits per heavy atom. The van der Waals surface area contributed by atoms with E-state index in [9.17, 15) is 19.3 Å². The summed E-state index contributed by atoms with van der Waals surface area (Å²) in [4.78, 5) is 23.4. The van der Waals surface area contributed by atoms with Gasteiger partial charge in [0.1, 0.15) is 11.4 Å². The second-order valence-electron chi connectivity index (χ2n) is 5.56. The lowest BCUT2D eigenvalue weighted by molar-refractivity contribution is -0.386. The second kappa shape index (κ2) is 8.35. The molecule has 144 valence electrons. The Labute approximate surface area is 155 Å². The van der Waals surface area contributed by atoms with Crippen LogP contribution < -0.4 is 19.5 Å². The SMILES string of the molecule is COc1cc(C(=O)NCc2ccc(F)c(C)c2)c([N+](=O)[O-])c(OC)c1OC. The number of nitro benzene ring substituents is 1. The van der Waals surface area contributed by atoms with Crippen molar-refractivity contribution in [1.29, 1.82) is 0 Å². The number of halogens is 1. The highest BCUT2D eigenvalue weighted by Gasteiger charge is 2.32. The van der Waals surface area contributed by atoms with Crippen molar-refractivity contribution in [3.05, 3.63) is 56.9 Å². The van der Waals surface area contributed by atoms with E-state index in [1.807, 2.05) is 0 Å². The van der Waals surface area contributed by atoms with Gasteiger partial charge in [0.15, 0.2) is 5.75 Å². The molecule has 27 heavy (non-hydrogen) atoms. The van der Waals surface area contributed by atoms with Crippen LogP contribution in [0.1, 0.15) is 21.5 Å². The molecule has 1 amide bonds. The molecule has 1 N–H and O–H groups in total. The summed E-state index contributed by atoms with van der Waals surface area (Å²) in [6, 6.07) is 5.61. The van der Waals surface area contributed by atoms with Crippen LogP contribution in [0.4, 0.5) is 10.1 Å². The standard InChI is InChI=1S/C18H19FN2O6/c1-10-7-11(5-6-13(10)19)9-20-18(22)12-8-14(25-2)16(26-3)17(27-4)15(12)21(23)24/h5-8H,9H2,1-4H3,(H,20,22). The summed E-state index contributed by atoms with van der Waals surface area (Å²) in [5.41, 5.74) is 0.300. The summed E-state index contributed by atoms with van der Waals surface area (Å²) < 4.78 is 28.7. The molecular weight excluding hydrogens is 359 g/mol. The average molecular weight is 378 g/mol. The first-order valence-electron chi connectivity index (χ1n) is 7.84. The number of hydrogen-bond donors (Lipinski definition) is 1. The maximum Gasteiger partial charge on any atom is 0.327 e. The fourth-order valence-electron chi connectivity index (χ4n) is 2.59. The topological polar surface area (TPSA) is 99.9 Å². The number of benzene rings is 2. The predicted molar refractivity (Wildman–Crippen MR) is 95.1 cm³/mol. The Kier molecular flexibility index (Phi) is 6.17. The molecule has 0 aliphatic carbocycles. The zero-order valence-electron chi connectivity index (χ0n) is 15.3. The highest BCUT2D eigenvalue weighted by atomic mass is 19.1. The lowest BCUT2D eigenvalue weighted by atomic mass is 10.1. The van der Waals surface area contributed by atoms with Crippen molar-refractivity contribution < 1.29 is 28.3 Å². The minimum atomic E-state index is -0.724. The number of methoxy groups -OCH3 is 3. The van der Waals surface area contributed by atoms with E-state index in [0.29, 0.717) is 11.1 Å². The van der Waals surface area contributed by atoms with Crippen LogP contribution in [0.3, 0.4) is 0 Å².